The number of rotatable bonds is 5. The minimum atomic E-state index is 0.189. The van der Waals surface area contributed by atoms with Gasteiger partial charge < -0.3 is 15.3 Å². The molecule has 2 rings (SSSR count). The molecule has 0 aromatic carbocycles. The van der Waals surface area contributed by atoms with Crippen LogP contribution in [0.4, 0.5) is 0 Å². The van der Waals surface area contributed by atoms with E-state index in [0.29, 0.717) is 12.6 Å². The van der Waals surface area contributed by atoms with Crippen LogP contribution in [0.25, 0.3) is 0 Å². The summed E-state index contributed by atoms with van der Waals surface area (Å²) in [5, 5.41) is 13.5. The predicted octanol–water partition coefficient (Wildman–Crippen LogP) is 2.39. The average molecular weight is 268 g/mol. The molecule has 0 bridgehead atoms. The van der Waals surface area contributed by atoms with Crippen molar-refractivity contribution in [2.45, 2.75) is 64.3 Å². The first-order valence-corrected chi connectivity index (χ1v) is 8.34. The molecule has 2 N–H and O–H groups in total. The summed E-state index contributed by atoms with van der Waals surface area (Å²) < 4.78 is 0. The van der Waals surface area contributed by atoms with Crippen LogP contribution in [0, 0.1) is 5.41 Å². The molecule has 2 aliphatic rings. The molecule has 0 radical (unpaired) electrons. The second-order valence-corrected chi connectivity index (χ2v) is 6.66. The maximum Gasteiger partial charge on any atom is 0.0499 e. The molecular weight excluding hydrogens is 236 g/mol. The molecule has 2 fully saturated rings. The van der Waals surface area contributed by atoms with Gasteiger partial charge in [-0.1, -0.05) is 26.2 Å². The van der Waals surface area contributed by atoms with Crippen molar-refractivity contribution in [3.05, 3.63) is 0 Å². The summed E-state index contributed by atoms with van der Waals surface area (Å²) in [5.41, 5.74) is 0.189. The minimum Gasteiger partial charge on any atom is -0.396 e. The number of aliphatic hydroxyl groups excluding tert-OH is 1. The Morgan fingerprint density at radius 2 is 1.89 bits per heavy atom. The molecule has 19 heavy (non-hydrogen) atoms. The van der Waals surface area contributed by atoms with Crippen LogP contribution in [0.15, 0.2) is 0 Å². The minimum absolute atomic E-state index is 0.189. The van der Waals surface area contributed by atoms with Gasteiger partial charge in [0.2, 0.25) is 0 Å². The summed E-state index contributed by atoms with van der Waals surface area (Å²) in [5.74, 6) is 0. The third-order valence-corrected chi connectivity index (χ3v) is 5.28. The second kappa shape index (κ2) is 7.61. The largest absolute Gasteiger partial charge is 0.396 e. The van der Waals surface area contributed by atoms with E-state index in [-0.39, 0.29) is 5.41 Å². The highest BCUT2D eigenvalue weighted by molar-refractivity contribution is 4.86. The topological polar surface area (TPSA) is 35.5 Å². The van der Waals surface area contributed by atoms with E-state index in [1.165, 1.54) is 71.0 Å². The third kappa shape index (κ3) is 4.44. The van der Waals surface area contributed by atoms with Crippen LogP contribution in [0.1, 0.15) is 58.3 Å². The van der Waals surface area contributed by atoms with Crippen LogP contribution in [-0.4, -0.2) is 48.8 Å². The van der Waals surface area contributed by atoms with Gasteiger partial charge in [-0.15, -0.1) is 0 Å². The highest BCUT2D eigenvalue weighted by Gasteiger charge is 2.31. The molecule has 112 valence electrons. The highest BCUT2D eigenvalue weighted by Crippen LogP contribution is 2.35. The van der Waals surface area contributed by atoms with E-state index in [1.54, 1.807) is 0 Å². The quantitative estimate of drug-likeness (QED) is 0.804. The van der Waals surface area contributed by atoms with Crippen molar-refractivity contribution in [2.24, 2.45) is 5.41 Å². The van der Waals surface area contributed by atoms with Gasteiger partial charge >= 0.3 is 0 Å². The summed E-state index contributed by atoms with van der Waals surface area (Å²) >= 11 is 0. The van der Waals surface area contributed by atoms with Crippen molar-refractivity contribution in [1.82, 2.24) is 10.2 Å². The Balaban J connectivity index is 1.77. The van der Waals surface area contributed by atoms with Crippen molar-refractivity contribution in [1.29, 1.82) is 0 Å². The van der Waals surface area contributed by atoms with Crippen LogP contribution in [0.2, 0.25) is 0 Å². The van der Waals surface area contributed by atoms with Crippen molar-refractivity contribution in [3.63, 3.8) is 0 Å². The lowest BCUT2D eigenvalue weighted by atomic mass is 9.74. The lowest BCUT2D eigenvalue weighted by molar-refractivity contribution is 0.0776. The number of nitrogens with zero attached hydrogens (tertiary/aromatic N) is 1. The van der Waals surface area contributed by atoms with Gasteiger partial charge in [0.25, 0.3) is 0 Å². The first kappa shape index (κ1) is 15.3. The lowest BCUT2D eigenvalue weighted by Gasteiger charge is -2.37. The van der Waals surface area contributed by atoms with E-state index in [9.17, 15) is 5.11 Å². The molecule has 1 heterocycles. The molecule has 3 heteroatoms. The molecule has 0 aromatic rings. The van der Waals surface area contributed by atoms with Crippen LogP contribution in [0.3, 0.4) is 0 Å². The first-order chi connectivity index (χ1) is 9.28. The zero-order valence-electron chi connectivity index (χ0n) is 12.7. The Morgan fingerprint density at radius 3 is 2.58 bits per heavy atom. The molecule has 3 nitrogen and oxygen atoms in total. The molecule has 0 aromatic heterocycles. The lowest BCUT2D eigenvalue weighted by Crippen LogP contribution is -2.43. The standard InChI is InChI=1S/C16H32N2O/c1-2-18-11-6-7-15(8-12-18)17-13-16(14-19)9-4-3-5-10-16/h15,17,19H,2-14H2,1H3. The Kier molecular flexibility index (Phi) is 6.11. The third-order valence-electron chi connectivity index (χ3n) is 5.28. The average Bonchev–Trinajstić information content (AvgIpc) is 2.71. The second-order valence-electron chi connectivity index (χ2n) is 6.66. The van der Waals surface area contributed by atoms with Gasteiger partial charge in [0.15, 0.2) is 0 Å². The van der Waals surface area contributed by atoms with Crippen molar-refractivity contribution < 1.29 is 5.11 Å². The summed E-state index contributed by atoms with van der Waals surface area (Å²) in [6.45, 7) is 7.35. The fourth-order valence-electron chi connectivity index (χ4n) is 3.73. The molecule has 1 saturated heterocycles. The monoisotopic (exact) mass is 268 g/mol. The predicted molar refractivity (Wildman–Crippen MR) is 80.4 cm³/mol. The first-order valence-electron chi connectivity index (χ1n) is 8.34. The molecular formula is C16H32N2O. The van der Waals surface area contributed by atoms with E-state index in [2.05, 4.69) is 17.1 Å². The smallest absolute Gasteiger partial charge is 0.0499 e. The highest BCUT2D eigenvalue weighted by atomic mass is 16.3. The van der Waals surface area contributed by atoms with Crippen molar-refractivity contribution in [3.8, 4) is 0 Å². The molecule has 1 saturated carbocycles. The number of aliphatic hydroxyl groups is 1. The summed E-state index contributed by atoms with van der Waals surface area (Å²) in [4.78, 5) is 2.56. The fraction of sp³-hybridized carbons (Fsp3) is 1.00. The summed E-state index contributed by atoms with van der Waals surface area (Å²) in [7, 11) is 0. The number of hydrogen-bond acceptors (Lipinski definition) is 3. The van der Waals surface area contributed by atoms with Gasteiger partial charge in [0, 0.05) is 24.6 Å². The van der Waals surface area contributed by atoms with Gasteiger partial charge in [-0.05, 0) is 51.7 Å². The van der Waals surface area contributed by atoms with Gasteiger partial charge in [0.05, 0.1) is 0 Å². The van der Waals surface area contributed by atoms with Crippen LogP contribution >= 0.6 is 0 Å². The van der Waals surface area contributed by atoms with E-state index in [4.69, 9.17) is 0 Å². The fourth-order valence-corrected chi connectivity index (χ4v) is 3.73. The normalized spacial score (nSPS) is 29.1. The zero-order chi connectivity index (χ0) is 13.6. The molecule has 0 spiro atoms. The summed E-state index contributed by atoms with van der Waals surface area (Å²) in [6, 6.07) is 0.668. The SMILES string of the molecule is CCN1CCCC(NCC2(CO)CCCCC2)CC1. The molecule has 0 amide bonds. The molecule has 1 atom stereocenters. The van der Waals surface area contributed by atoms with E-state index in [1.807, 2.05) is 0 Å². The molecule has 1 unspecified atom stereocenters. The van der Waals surface area contributed by atoms with E-state index >= 15 is 0 Å². The molecule has 1 aliphatic heterocycles. The van der Waals surface area contributed by atoms with Gasteiger partial charge in [-0.3, -0.25) is 0 Å². The van der Waals surface area contributed by atoms with Crippen molar-refractivity contribution >= 4 is 0 Å². The van der Waals surface area contributed by atoms with Crippen LogP contribution < -0.4 is 5.32 Å². The van der Waals surface area contributed by atoms with Crippen LogP contribution in [-0.2, 0) is 0 Å². The Morgan fingerprint density at radius 1 is 1.11 bits per heavy atom. The maximum atomic E-state index is 9.76. The zero-order valence-corrected chi connectivity index (χ0v) is 12.7. The van der Waals surface area contributed by atoms with E-state index in [0.717, 1.165) is 6.54 Å². The number of likely N-dealkylation sites (tertiary alicyclic amines) is 1. The molecule has 1 aliphatic carbocycles. The van der Waals surface area contributed by atoms with Crippen molar-refractivity contribution in [2.75, 3.05) is 32.8 Å². The van der Waals surface area contributed by atoms with Gasteiger partial charge in [-0.25, -0.2) is 0 Å². The Hall–Kier alpha value is -0.120. The maximum absolute atomic E-state index is 9.76. The van der Waals surface area contributed by atoms with Crippen LogP contribution in [0.5, 0.6) is 0 Å². The number of hydrogen-bond donors (Lipinski definition) is 2. The summed E-state index contributed by atoms with van der Waals surface area (Å²) in [6.07, 6.45) is 10.3. The van der Waals surface area contributed by atoms with Gasteiger partial charge in [-0.2, -0.15) is 0 Å². The Bertz CT molecular complexity index is 251. The Labute approximate surface area is 118 Å². The number of nitrogens with one attached hydrogen (secondary N) is 1. The van der Waals surface area contributed by atoms with E-state index < -0.39 is 0 Å². The van der Waals surface area contributed by atoms with Gasteiger partial charge in [0.1, 0.15) is 0 Å².